The molecule has 7 N–H and O–H groups in total. The highest BCUT2D eigenvalue weighted by Gasteiger charge is 2.32. The molecule has 10 heteroatoms. The van der Waals surface area contributed by atoms with Crippen LogP contribution in [0.15, 0.2) is 16.6 Å². The fourth-order valence-electron chi connectivity index (χ4n) is 2.57. The lowest BCUT2D eigenvalue weighted by atomic mass is 9.97. The minimum Gasteiger partial charge on any atom is -0.478 e. The molecule has 0 aliphatic heterocycles. The lowest BCUT2D eigenvalue weighted by Crippen LogP contribution is -2.55. The van der Waals surface area contributed by atoms with E-state index in [1.807, 2.05) is 13.8 Å². The number of amides is 2. The number of guanidine groups is 1. The van der Waals surface area contributed by atoms with E-state index < -0.39 is 42.5 Å². The van der Waals surface area contributed by atoms with Crippen molar-refractivity contribution in [2.45, 2.75) is 52.7 Å². The van der Waals surface area contributed by atoms with E-state index in [0.717, 1.165) is 0 Å². The lowest BCUT2D eigenvalue weighted by Gasteiger charge is -2.34. The summed E-state index contributed by atoms with van der Waals surface area (Å²) in [5, 5.41) is 21.0. The number of nitrogens with zero attached hydrogens (tertiary/aromatic N) is 2. The molecule has 28 heavy (non-hydrogen) atoms. The molecule has 0 saturated carbocycles. The van der Waals surface area contributed by atoms with Gasteiger partial charge in [0.05, 0.1) is 12.6 Å². The number of carbonyl (C=O) groups excluding carboxylic acids is 2. The first kappa shape index (κ1) is 25.4. The van der Waals surface area contributed by atoms with Gasteiger partial charge in [-0.2, -0.15) is 0 Å². The number of aliphatic carboxylic acids is 1. The predicted octanol–water partition coefficient (Wildman–Crippen LogP) is -0.725. The van der Waals surface area contributed by atoms with Gasteiger partial charge in [0.25, 0.3) is 0 Å². The molecule has 0 saturated heterocycles. The van der Waals surface area contributed by atoms with Crippen molar-refractivity contribution in [2.24, 2.45) is 28.3 Å². The summed E-state index contributed by atoms with van der Waals surface area (Å²) in [5.74, 6) is -2.82. The van der Waals surface area contributed by atoms with Crippen LogP contribution in [0.3, 0.4) is 0 Å². The van der Waals surface area contributed by atoms with Crippen molar-refractivity contribution >= 4 is 23.7 Å². The predicted molar refractivity (Wildman–Crippen MR) is 106 cm³/mol. The summed E-state index contributed by atoms with van der Waals surface area (Å²) in [7, 11) is 1.56. The third-order valence-corrected chi connectivity index (χ3v) is 4.25. The number of aliphatic imine (C=N–C) groups is 1. The molecule has 0 aromatic rings. The van der Waals surface area contributed by atoms with Crippen LogP contribution in [0.25, 0.3) is 0 Å². The van der Waals surface area contributed by atoms with Gasteiger partial charge in [-0.3, -0.25) is 9.59 Å². The van der Waals surface area contributed by atoms with Crippen molar-refractivity contribution in [3.63, 3.8) is 0 Å². The molecular weight excluding hydrogens is 366 g/mol. The van der Waals surface area contributed by atoms with E-state index in [4.69, 9.17) is 16.6 Å². The van der Waals surface area contributed by atoms with Crippen LogP contribution in [0.4, 0.5) is 0 Å². The van der Waals surface area contributed by atoms with Crippen molar-refractivity contribution in [3.05, 3.63) is 11.6 Å². The molecule has 0 bridgehead atoms. The van der Waals surface area contributed by atoms with Gasteiger partial charge in [0.1, 0.15) is 6.04 Å². The largest absolute Gasteiger partial charge is 0.478 e. The van der Waals surface area contributed by atoms with Crippen molar-refractivity contribution in [1.82, 2.24) is 10.2 Å². The van der Waals surface area contributed by atoms with E-state index >= 15 is 0 Å². The van der Waals surface area contributed by atoms with Crippen LogP contribution < -0.4 is 16.8 Å². The second-order valence-electron chi connectivity index (χ2n) is 7.32. The summed E-state index contributed by atoms with van der Waals surface area (Å²) in [6, 6.07) is -2.60. The summed E-state index contributed by atoms with van der Waals surface area (Å²) in [6.45, 7) is 8.08. The van der Waals surface area contributed by atoms with Gasteiger partial charge >= 0.3 is 5.97 Å². The first-order chi connectivity index (χ1) is 12.8. The van der Waals surface area contributed by atoms with Gasteiger partial charge in [0, 0.05) is 12.6 Å². The van der Waals surface area contributed by atoms with Gasteiger partial charge in [0.15, 0.2) is 12.0 Å². The second kappa shape index (κ2) is 11.3. The van der Waals surface area contributed by atoms with Crippen LogP contribution in [-0.4, -0.2) is 70.6 Å². The number of rotatable bonds is 10. The number of aliphatic hydroxyl groups excluding tert-OH is 1. The van der Waals surface area contributed by atoms with Gasteiger partial charge in [-0.15, -0.1) is 0 Å². The standard InChI is InChI=1S/C18H33N5O5/c1-9(2)13(7-11(5)17(27)28)23(6)16(26)14(10(3)4)22-15(25)12(8-24)21-18(19)20/h7,9-10,12-14,24H,8H2,1-6H3,(H,22,25)(H,27,28)(H4,19,20,21). The molecule has 0 aromatic heterocycles. The number of aliphatic hydroxyl groups is 1. The summed E-state index contributed by atoms with van der Waals surface area (Å²) < 4.78 is 0. The van der Waals surface area contributed by atoms with Crippen molar-refractivity contribution in [3.8, 4) is 0 Å². The van der Waals surface area contributed by atoms with Crippen molar-refractivity contribution in [2.75, 3.05) is 13.7 Å². The average molecular weight is 399 g/mol. The number of likely N-dealkylation sites (N-methyl/N-ethyl adjacent to an activating group) is 1. The highest BCUT2D eigenvalue weighted by atomic mass is 16.4. The van der Waals surface area contributed by atoms with E-state index in [-0.39, 0.29) is 23.4 Å². The maximum absolute atomic E-state index is 13.0. The van der Waals surface area contributed by atoms with Crippen LogP contribution >= 0.6 is 0 Å². The molecule has 0 aliphatic carbocycles. The Labute approximate surface area is 165 Å². The molecule has 0 fully saturated rings. The van der Waals surface area contributed by atoms with Gasteiger partial charge in [-0.1, -0.05) is 33.8 Å². The average Bonchev–Trinajstić information content (AvgIpc) is 2.59. The zero-order valence-electron chi connectivity index (χ0n) is 17.3. The van der Waals surface area contributed by atoms with Crippen LogP contribution in [-0.2, 0) is 14.4 Å². The highest BCUT2D eigenvalue weighted by Crippen LogP contribution is 2.17. The zero-order chi connectivity index (χ0) is 22.2. The molecule has 0 rings (SSSR count). The first-order valence-electron chi connectivity index (χ1n) is 9.01. The Morgan fingerprint density at radius 2 is 1.68 bits per heavy atom. The number of nitrogens with one attached hydrogen (secondary N) is 1. The van der Waals surface area contributed by atoms with Crippen LogP contribution in [0.2, 0.25) is 0 Å². The molecule has 0 aliphatic rings. The normalized spacial score (nSPS) is 15.0. The maximum atomic E-state index is 13.0. The number of nitrogens with two attached hydrogens (primary N) is 2. The molecule has 0 radical (unpaired) electrons. The Hall–Kier alpha value is -2.62. The van der Waals surface area contributed by atoms with E-state index in [2.05, 4.69) is 10.3 Å². The van der Waals surface area contributed by atoms with E-state index in [1.54, 1.807) is 20.9 Å². The van der Waals surface area contributed by atoms with Gasteiger partial charge in [-0.25, -0.2) is 9.79 Å². The van der Waals surface area contributed by atoms with Crippen LogP contribution in [0.5, 0.6) is 0 Å². The Morgan fingerprint density at radius 1 is 1.14 bits per heavy atom. The quantitative estimate of drug-likeness (QED) is 0.183. The first-order valence-corrected chi connectivity index (χ1v) is 9.01. The third-order valence-electron chi connectivity index (χ3n) is 4.25. The number of hydrogen-bond acceptors (Lipinski definition) is 5. The van der Waals surface area contributed by atoms with Gasteiger partial charge in [-0.05, 0) is 18.8 Å². The highest BCUT2D eigenvalue weighted by molar-refractivity contribution is 5.92. The van der Waals surface area contributed by atoms with Crippen molar-refractivity contribution < 1.29 is 24.6 Å². The molecule has 2 amide bonds. The summed E-state index contributed by atoms with van der Waals surface area (Å²) in [6.07, 6.45) is 1.51. The zero-order valence-corrected chi connectivity index (χ0v) is 17.3. The number of carboxylic acids is 1. The van der Waals surface area contributed by atoms with E-state index in [9.17, 15) is 19.5 Å². The third kappa shape index (κ3) is 7.55. The summed E-state index contributed by atoms with van der Waals surface area (Å²) >= 11 is 0. The second-order valence-corrected chi connectivity index (χ2v) is 7.32. The van der Waals surface area contributed by atoms with Gasteiger partial charge < -0.3 is 31.9 Å². The van der Waals surface area contributed by atoms with Crippen LogP contribution in [0, 0.1) is 11.8 Å². The minimum atomic E-state index is -1.22. The number of carbonyl (C=O) groups is 3. The molecular formula is C18H33N5O5. The topological polar surface area (TPSA) is 171 Å². The Morgan fingerprint density at radius 3 is 2.04 bits per heavy atom. The SMILES string of the molecule is CC(=CC(C(C)C)N(C)C(=O)C(NC(=O)C(CO)N=C(N)N)C(C)C)C(=O)O. The molecule has 0 aromatic carbocycles. The monoisotopic (exact) mass is 399 g/mol. The summed E-state index contributed by atoms with van der Waals surface area (Å²) in [4.78, 5) is 41.6. The van der Waals surface area contributed by atoms with E-state index in [0.29, 0.717) is 0 Å². The van der Waals surface area contributed by atoms with Crippen LogP contribution in [0.1, 0.15) is 34.6 Å². The fraction of sp³-hybridized carbons (Fsp3) is 0.667. The fourth-order valence-corrected chi connectivity index (χ4v) is 2.57. The summed E-state index contributed by atoms with van der Waals surface area (Å²) in [5.41, 5.74) is 10.6. The Balaban J connectivity index is 5.64. The molecule has 0 heterocycles. The van der Waals surface area contributed by atoms with Crippen molar-refractivity contribution in [1.29, 1.82) is 0 Å². The Kier molecular flexibility index (Phi) is 10.2. The maximum Gasteiger partial charge on any atom is 0.331 e. The molecule has 0 spiro atoms. The molecule has 160 valence electrons. The minimum absolute atomic E-state index is 0.0569. The number of hydrogen-bond donors (Lipinski definition) is 5. The van der Waals surface area contributed by atoms with E-state index in [1.165, 1.54) is 17.9 Å². The smallest absolute Gasteiger partial charge is 0.331 e. The molecule has 10 nitrogen and oxygen atoms in total. The lowest BCUT2D eigenvalue weighted by molar-refractivity contribution is -0.139. The molecule has 3 atom stereocenters. The Bertz CT molecular complexity index is 626. The number of carboxylic acid groups (broad SMARTS) is 1. The van der Waals surface area contributed by atoms with Gasteiger partial charge in [0.2, 0.25) is 11.8 Å². The molecule has 3 unspecified atom stereocenters.